The quantitative estimate of drug-likeness (QED) is 0.863. The highest BCUT2D eigenvalue weighted by molar-refractivity contribution is 9.10. The van der Waals surface area contributed by atoms with Gasteiger partial charge >= 0.3 is 0 Å². The summed E-state index contributed by atoms with van der Waals surface area (Å²) in [6.45, 7) is 5.38. The van der Waals surface area contributed by atoms with Gasteiger partial charge in [0.05, 0.1) is 5.69 Å². The summed E-state index contributed by atoms with van der Waals surface area (Å²) in [7, 11) is 0. The van der Waals surface area contributed by atoms with E-state index in [9.17, 15) is 0 Å². The van der Waals surface area contributed by atoms with Gasteiger partial charge in [0, 0.05) is 43.4 Å². The minimum atomic E-state index is 0.959. The molecule has 1 N–H and O–H groups in total. The Morgan fingerprint density at radius 3 is 2.93 bits per heavy atom. The van der Waals surface area contributed by atoms with E-state index < -0.39 is 0 Å². The lowest BCUT2D eigenvalue weighted by Crippen LogP contribution is -2.43. The van der Waals surface area contributed by atoms with Crippen LogP contribution in [0, 0.1) is 0 Å². The maximum absolute atomic E-state index is 4.34. The second-order valence-corrected chi connectivity index (χ2v) is 4.41. The average molecular weight is 256 g/mol. The second-order valence-electron chi connectivity index (χ2n) is 3.49. The van der Waals surface area contributed by atoms with Crippen molar-refractivity contribution >= 4 is 15.9 Å². The van der Waals surface area contributed by atoms with Gasteiger partial charge in [0.2, 0.25) is 0 Å². The van der Waals surface area contributed by atoms with Crippen LogP contribution in [0.15, 0.2) is 22.8 Å². The van der Waals surface area contributed by atoms with E-state index in [4.69, 9.17) is 0 Å². The SMILES string of the molecule is Brc1ccnc(CN2CCNCC2)c1. The smallest absolute Gasteiger partial charge is 0.0555 e. The van der Waals surface area contributed by atoms with Gasteiger partial charge in [-0.15, -0.1) is 0 Å². The normalized spacial score (nSPS) is 18.4. The molecule has 1 aromatic rings. The van der Waals surface area contributed by atoms with E-state index in [2.05, 4.69) is 37.2 Å². The highest BCUT2D eigenvalue weighted by atomic mass is 79.9. The first-order valence-corrected chi connectivity index (χ1v) is 5.67. The van der Waals surface area contributed by atoms with Crippen LogP contribution in [0.1, 0.15) is 5.69 Å². The zero-order chi connectivity index (χ0) is 9.80. The van der Waals surface area contributed by atoms with E-state index in [-0.39, 0.29) is 0 Å². The Morgan fingerprint density at radius 1 is 1.43 bits per heavy atom. The molecule has 1 saturated heterocycles. The van der Waals surface area contributed by atoms with Crippen molar-refractivity contribution in [2.75, 3.05) is 26.2 Å². The van der Waals surface area contributed by atoms with Gasteiger partial charge in [-0.1, -0.05) is 15.9 Å². The van der Waals surface area contributed by atoms with Gasteiger partial charge in [-0.2, -0.15) is 0 Å². The van der Waals surface area contributed by atoms with Gasteiger partial charge < -0.3 is 5.32 Å². The van der Waals surface area contributed by atoms with Crippen molar-refractivity contribution < 1.29 is 0 Å². The molecule has 0 unspecified atom stereocenters. The molecule has 2 heterocycles. The summed E-state index contributed by atoms with van der Waals surface area (Å²) in [5.74, 6) is 0. The van der Waals surface area contributed by atoms with Gasteiger partial charge in [0.25, 0.3) is 0 Å². The van der Waals surface area contributed by atoms with E-state index in [1.807, 2.05) is 12.3 Å². The number of piperazine rings is 1. The molecule has 0 bridgehead atoms. The van der Waals surface area contributed by atoms with Crippen molar-refractivity contribution in [2.45, 2.75) is 6.54 Å². The van der Waals surface area contributed by atoms with Crippen molar-refractivity contribution in [3.63, 3.8) is 0 Å². The molecule has 0 atom stereocenters. The van der Waals surface area contributed by atoms with E-state index in [0.29, 0.717) is 0 Å². The van der Waals surface area contributed by atoms with Crippen LogP contribution in [-0.4, -0.2) is 36.1 Å². The number of aromatic nitrogens is 1. The number of pyridine rings is 1. The zero-order valence-electron chi connectivity index (χ0n) is 8.04. The molecule has 4 heteroatoms. The maximum atomic E-state index is 4.34. The molecular formula is C10H14BrN3. The van der Waals surface area contributed by atoms with Crippen LogP contribution in [0.5, 0.6) is 0 Å². The summed E-state index contributed by atoms with van der Waals surface area (Å²) in [6.07, 6.45) is 1.85. The summed E-state index contributed by atoms with van der Waals surface area (Å²) >= 11 is 3.46. The number of halogens is 1. The summed E-state index contributed by atoms with van der Waals surface area (Å²) in [5.41, 5.74) is 1.14. The molecule has 0 amide bonds. The van der Waals surface area contributed by atoms with E-state index in [1.165, 1.54) is 0 Å². The Morgan fingerprint density at radius 2 is 2.21 bits per heavy atom. The Kier molecular flexibility index (Phi) is 3.50. The monoisotopic (exact) mass is 255 g/mol. The molecule has 3 nitrogen and oxygen atoms in total. The predicted octanol–water partition coefficient (Wildman–Crippen LogP) is 1.25. The highest BCUT2D eigenvalue weighted by Crippen LogP contribution is 2.11. The third kappa shape index (κ3) is 2.77. The van der Waals surface area contributed by atoms with Crippen LogP contribution in [0.3, 0.4) is 0 Å². The summed E-state index contributed by atoms with van der Waals surface area (Å²) in [6, 6.07) is 4.04. The molecule has 0 spiro atoms. The number of nitrogens with one attached hydrogen (secondary N) is 1. The largest absolute Gasteiger partial charge is 0.314 e. The van der Waals surface area contributed by atoms with Crippen LogP contribution in [0.2, 0.25) is 0 Å². The fourth-order valence-corrected chi connectivity index (χ4v) is 2.02. The standard InChI is InChI=1S/C10H14BrN3/c11-9-1-2-13-10(7-9)8-14-5-3-12-4-6-14/h1-2,7,12H,3-6,8H2. The van der Waals surface area contributed by atoms with Crippen molar-refractivity contribution in [3.05, 3.63) is 28.5 Å². The van der Waals surface area contributed by atoms with E-state index in [0.717, 1.165) is 42.9 Å². The van der Waals surface area contributed by atoms with Gasteiger partial charge in [-0.05, 0) is 12.1 Å². The fourth-order valence-electron chi connectivity index (χ4n) is 1.63. The van der Waals surface area contributed by atoms with E-state index >= 15 is 0 Å². The van der Waals surface area contributed by atoms with Gasteiger partial charge in [-0.25, -0.2) is 0 Å². The summed E-state index contributed by atoms with van der Waals surface area (Å²) < 4.78 is 1.11. The van der Waals surface area contributed by atoms with Gasteiger partial charge in [0.1, 0.15) is 0 Å². The van der Waals surface area contributed by atoms with Crippen LogP contribution < -0.4 is 5.32 Å². The maximum Gasteiger partial charge on any atom is 0.0555 e. The Balaban J connectivity index is 1.95. The fraction of sp³-hybridized carbons (Fsp3) is 0.500. The Hall–Kier alpha value is -0.450. The topological polar surface area (TPSA) is 28.2 Å². The first-order chi connectivity index (χ1) is 6.84. The number of hydrogen-bond donors (Lipinski definition) is 1. The summed E-state index contributed by atoms with van der Waals surface area (Å²) in [5, 5.41) is 3.34. The number of nitrogens with zero attached hydrogens (tertiary/aromatic N) is 2. The number of hydrogen-bond acceptors (Lipinski definition) is 3. The second kappa shape index (κ2) is 4.87. The molecular weight excluding hydrogens is 242 g/mol. The zero-order valence-corrected chi connectivity index (χ0v) is 9.63. The van der Waals surface area contributed by atoms with Crippen molar-refractivity contribution in [3.8, 4) is 0 Å². The minimum absolute atomic E-state index is 0.959. The van der Waals surface area contributed by atoms with Crippen LogP contribution in [0.25, 0.3) is 0 Å². The van der Waals surface area contributed by atoms with Crippen LogP contribution in [-0.2, 0) is 6.54 Å². The first-order valence-electron chi connectivity index (χ1n) is 4.88. The van der Waals surface area contributed by atoms with E-state index in [1.54, 1.807) is 0 Å². The first kappa shape index (κ1) is 10.1. The average Bonchev–Trinajstić information content (AvgIpc) is 2.19. The molecule has 1 aromatic heterocycles. The molecule has 0 radical (unpaired) electrons. The van der Waals surface area contributed by atoms with Gasteiger partial charge in [-0.3, -0.25) is 9.88 Å². The minimum Gasteiger partial charge on any atom is -0.314 e. The summed E-state index contributed by atoms with van der Waals surface area (Å²) in [4.78, 5) is 6.76. The molecule has 2 rings (SSSR count). The predicted molar refractivity (Wildman–Crippen MR) is 60.1 cm³/mol. The Labute approximate surface area is 92.6 Å². The molecule has 0 aliphatic carbocycles. The lowest BCUT2D eigenvalue weighted by molar-refractivity contribution is 0.230. The highest BCUT2D eigenvalue weighted by Gasteiger charge is 2.10. The van der Waals surface area contributed by atoms with Crippen molar-refractivity contribution in [2.24, 2.45) is 0 Å². The molecule has 0 aromatic carbocycles. The van der Waals surface area contributed by atoms with Crippen molar-refractivity contribution in [1.29, 1.82) is 0 Å². The molecule has 14 heavy (non-hydrogen) atoms. The third-order valence-corrected chi connectivity index (χ3v) is 2.87. The molecule has 1 aliphatic heterocycles. The van der Waals surface area contributed by atoms with Gasteiger partial charge in [0.15, 0.2) is 0 Å². The third-order valence-electron chi connectivity index (χ3n) is 2.37. The van der Waals surface area contributed by atoms with Crippen LogP contribution >= 0.6 is 15.9 Å². The molecule has 0 saturated carbocycles. The van der Waals surface area contributed by atoms with Crippen LogP contribution in [0.4, 0.5) is 0 Å². The molecule has 76 valence electrons. The van der Waals surface area contributed by atoms with Crippen molar-refractivity contribution in [1.82, 2.24) is 15.2 Å². The Bertz CT molecular complexity index is 297. The lowest BCUT2D eigenvalue weighted by Gasteiger charge is -2.26. The number of rotatable bonds is 2. The molecule has 1 aliphatic rings. The molecule has 1 fully saturated rings. The lowest BCUT2D eigenvalue weighted by atomic mass is 10.3.